The van der Waals surface area contributed by atoms with Crippen LogP contribution in [0.1, 0.15) is 27.7 Å². The minimum atomic E-state index is -0.957. The largest absolute Gasteiger partial charge is 0.452 e. The predicted molar refractivity (Wildman–Crippen MR) is 154 cm³/mol. The molecule has 0 unspecified atom stereocenters. The van der Waals surface area contributed by atoms with E-state index >= 15 is 0 Å². The van der Waals surface area contributed by atoms with Crippen molar-refractivity contribution in [1.82, 2.24) is 0 Å². The number of allylic oxidation sites excluding steroid dienone is 2. The second-order valence-corrected chi connectivity index (χ2v) is 10.1. The molecule has 0 atom stereocenters. The number of rotatable bonds is 7. The third-order valence-corrected chi connectivity index (χ3v) is 8.26. The smallest absolute Gasteiger partial charge is 0.267 e. The van der Waals surface area contributed by atoms with Crippen molar-refractivity contribution in [3.05, 3.63) is 131 Å². The van der Waals surface area contributed by atoms with Crippen LogP contribution in [0.3, 0.4) is 0 Å². The molecule has 0 bridgehead atoms. The minimum Gasteiger partial charge on any atom is -0.452 e. The zero-order valence-corrected chi connectivity index (χ0v) is 22.4. The Morgan fingerprint density at radius 2 is 0.865 bits per heavy atom. The first-order valence-electron chi connectivity index (χ1n) is 12.6. The van der Waals surface area contributed by atoms with Gasteiger partial charge in [-0.1, -0.05) is 97.1 Å². The molecule has 0 amide bonds. The third-order valence-electron chi connectivity index (χ3n) is 7.52. The van der Waals surface area contributed by atoms with Crippen LogP contribution in [0, 0.1) is 0 Å². The number of benzene rings is 4. The second-order valence-electron chi connectivity index (χ2n) is 9.50. The van der Waals surface area contributed by atoms with Crippen molar-refractivity contribution >= 4 is 11.6 Å². The van der Waals surface area contributed by atoms with Gasteiger partial charge in [0.25, 0.3) is 6.29 Å². The highest BCUT2D eigenvalue weighted by Crippen LogP contribution is 2.49. The van der Waals surface area contributed by atoms with Crippen molar-refractivity contribution in [2.75, 3.05) is 0 Å². The summed E-state index contributed by atoms with van der Waals surface area (Å²) in [4.78, 5) is -0.957. The van der Waals surface area contributed by atoms with Crippen LogP contribution in [0.15, 0.2) is 131 Å². The molecule has 4 aromatic rings. The Bertz CT molecular complexity index is 1360. The summed E-state index contributed by atoms with van der Waals surface area (Å²) in [5.41, 5.74) is 8.57. The lowest BCUT2D eigenvalue weighted by molar-refractivity contribution is -0.00884. The molecule has 0 saturated heterocycles. The van der Waals surface area contributed by atoms with E-state index in [4.69, 9.17) is 21.1 Å². The average molecular weight is 507 g/mol. The summed E-state index contributed by atoms with van der Waals surface area (Å²) in [5, 5.41) is 0. The van der Waals surface area contributed by atoms with Gasteiger partial charge in [0.05, 0.1) is 0 Å². The molecule has 37 heavy (non-hydrogen) atoms. The molecule has 0 aliphatic heterocycles. The van der Waals surface area contributed by atoms with E-state index in [1.54, 1.807) is 0 Å². The van der Waals surface area contributed by atoms with Gasteiger partial charge in [-0.15, -0.1) is 11.6 Å². The Kier molecular flexibility index (Phi) is 6.95. The minimum absolute atomic E-state index is 0.721. The highest BCUT2D eigenvalue weighted by molar-refractivity contribution is 6.29. The summed E-state index contributed by atoms with van der Waals surface area (Å²) in [6, 6.07) is 36.6. The highest BCUT2D eigenvalue weighted by Gasteiger charge is 2.49. The number of hydrogen-bond acceptors (Lipinski definition) is 2. The zero-order valence-electron chi connectivity index (χ0n) is 21.7. The molecule has 0 spiro atoms. The molecular weight excluding hydrogens is 476 g/mol. The van der Waals surface area contributed by atoms with Gasteiger partial charge >= 0.3 is 0 Å². The van der Waals surface area contributed by atoms with Crippen molar-refractivity contribution < 1.29 is 9.47 Å². The summed E-state index contributed by atoms with van der Waals surface area (Å²) in [5.74, 6) is 1.44. The monoisotopic (exact) mass is 506 g/mol. The molecule has 186 valence electrons. The molecule has 5 rings (SSSR count). The lowest BCUT2D eigenvalue weighted by Crippen LogP contribution is -2.46. The van der Waals surface area contributed by atoms with Gasteiger partial charge in [0, 0.05) is 11.1 Å². The third kappa shape index (κ3) is 4.58. The Hall–Kier alpha value is -3.75. The number of hydrogen-bond donors (Lipinski definition) is 0. The van der Waals surface area contributed by atoms with E-state index in [0.29, 0.717) is 0 Å². The summed E-state index contributed by atoms with van der Waals surface area (Å²) in [7, 11) is 0. The Morgan fingerprint density at radius 1 is 0.514 bits per heavy atom. The van der Waals surface area contributed by atoms with Gasteiger partial charge in [0.1, 0.15) is 11.5 Å². The van der Waals surface area contributed by atoms with Crippen LogP contribution < -0.4 is 9.47 Å². The maximum absolute atomic E-state index is 7.56. The van der Waals surface area contributed by atoms with Crippen molar-refractivity contribution in [2.45, 2.75) is 38.9 Å². The summed E-state index contributed by atoms with van der Waals surface area (Å²) in [6.45, 7) is 8.39. The maximum Gasteiger partial charge on any atom is 0.267 e. The normalized spacial score (nSPS) is 14.9. The van der Waals surface area contributed by atoms with Crippen LogP contribution in [-0.2, 0) is 0 Å². The van der Waals surface area contributed by atoms with Gasteiger partial charge in [-0.05, 0) is 73.2 Å². The van der Waals surface area contributed by atoms with Crippen molar-refractivity contribution in [3.63, 3.8) is 0 Å². The molecule has 0 N–H and O–H groups in total. The highest BCUT2D eigenvalue weighted by atomic mass is 35.5. The van der Waals surface area contributed by atoms with E-state index in [9.17, 15) is 0 Å². The Morgan fingerprint density at radius 3 is 1.27 bits per heavy atom. The van der Waals surface area contributed by atoms with Gasteiger partial charge in [-0.25, -0.2) is 0 Å². The van der Waals surface area contributed by atoms with Crippen molar-refractivity contribution in [3.8, 4) is 33.8 Å². The van der Waals surface area contributed by atoms with E-state index in [2.05, 4.69) is 64.1 Å². The SMILES string of the molecule is CC1=C(C)C(Cl)(C(Oc2ccccc2-c2ccccc2)Oc2ccccc2-c2ccccc2)C(C)=C1C. The van der Waals surface area contributed by atoms with Gasteiger partial charge in [-0.3, -0.25) is 0 Å². The van der Waals surface area contributed by atoms with Gasteiger partial charge in [0.2, 0.25) is 0 Å². The van der Waals surface area contributed by atoms with E-state index in [0.717, 1.165) is 44.9 Å². The molecule has 1 aliphatic rings. The standard InChI is InChI=1S/C34H31ClO2/c1-23-24(2)26(4)34(35,25(23)3)33(36-31-21-13-11-19-29(31)27-15-7-5-8-16-27)37-32-22-14-12-20-30(32)28-17-9-6-10-18-28/h5-22,33H,1-4H3. The molecule has 0 heterocycles. The first-order valence-corrected chi connectivity index (χ1v) is 13.0. The summed E-state index contributed by atoms with van der Waals surface area (Å²) < 4.78 is 13.6. The lowest BCUT2D eigenvalue weighted by Gasteiger charge is -2.36. The van der Waals surface area contributed by atoms with Crippen molar-refractivity contribution in [2.24, 2.45) is 0 Å². The van der Waals surface area contributed by atoms with Crippen LogP contribution in [-0.4, -0.2) is 11.2 Å². The Labute approximate surface area is 224 Å². The van der Waals surface area contributed by atoms with Crippen LogP contribution in [0.2, 0.25) is 0 Å². The summed E-state index contributed by atoms with van der Waals surface area (Å²) >= 11 is 7.56. The van der Waals surface area contributed by atoms with Gasteiger partial charge < -0.3 is 9.47 Å². The first kappa shape index (κ1) is 24.9. The topological polar surface area (TPSA) is 18.5 Å². The molecular formula is C34H31ClO2. The fraction of sp³-hybridized carbons (Fsp3) is 0.176. The molecule has 3 heteroatoms. The first-order chi connectivity index (χ1) is 17.9. The van der Waals surface area contributed by atoms with Crippen LogP contribution in [0.5, 0.6) is 11.5 Å². The number of alkyl halides is 1. The number of ether oxygens (including phenoxy) is 2. The van der Waals surface area contributed by atoms with Crippen LogP contribution in [0.25, 0.3) is 22.3 Å². The molecule has 4 aromatic carbocycles. The quantitative estimate of drug-likeness (QED) is 0.183. The molecule has 0 aromatic heterocycles. The molecule has 1 aliphatic carbocycles. The number of para-hydroxylation sites is 2. The fourth-order valence-corrected chi connectivity index (χ4v) is 5.38. The van der Waals surface area contributed by atoms with E-state index in [1.807, 2.05) is 72.8 Å². The maximum atomic E-state index is 7.56. The van der Waals surface area contributed by atoms with Gasteiger partial charge in [-0.2, -0.15) is 0 Å². The average Bonchev–Trinajstić information content (AvgIpc) is 3.10. The fourth-order valence-electron chi connectivity index (χ4n) is 5.01. The number of halogens is 1. The molecule has 0 fully saturated rings. The van der Waals surface area contributed by atoms with Crippen LogP contribution in [0.4, 0.5) is 0 Å². The van der Waals surface area contributed by atoms with Gasteiger partial charge in [0.15, 0.2) is 4.87 Å². The zero-order chi connectivity index (χ0) is 26.0. The van der Waals surface area contributed by atoms with E-state index < -0.39 is 11.2 Å². The molecule has 0 saturated carbocycles. The molecule has 0 radical (unpaired) electrons. The molecule has 2 nitrogen and oxygen atoms in total. The second kappa shape index (κ2) is 10.3. The van der Waals surface area contributed by atoms with Crippen molar-refractivity contribution in [1.29, 1.82) is 0 Å². The van der Waals surface area contributed by atoms with E-state index in [1.165, 1.54) is 11.1 Å². The van der Waals surface area contributed by atoms with E-state index in [-0.39, 0.29) is 0 Å². The van der Waals surface area contributed by atoms with Crippen LogP contribution >= 0.6 is 11.6 Å². The Balaban J connectivity index is 1.63. The lowest BCUT2D eigenvalue weighted by atomic mass is 9.94. The summed E-state index contributed by atoms with van der Waals surface area (Å²) in [6.07, 6.45) is -0.809. The predicted octanol–water partition coefficient (Wildman–Crippen LogP) is 9.47.